The van der Waals surface area contributed by atoms with Gasteiger partial charge in [-0.2, -0.15) is 0 Å². The highest BCUT2D eigenvalue weighted by Gasteiger charge is 2.17. The Morgan fingerprint density at radius 1 is 1.35 bits per heavy atom. The van der Waals surface area contributed by atoms with Gasteiger partial charge in [0.05, 0.1) is 15.5 Å². The molecule has 1 unspecified atom stereocenters. The van der Waals surface area contributed by atoms with Gasteiger partial charge in [0, 0.05) is 0 Å². The molecule has 0 spiro atoms. The van der Waals surface area contributed by atoms with Gasteiger partial charge in [-0.05, 0) is 19.1 Å². The average Bonchev–Trinajstić information content (AvgIpc) is 2.26. The summed E-state index contributed by atoms with van der Waals surface area (Å²) in [4.78, 5) is -0.181. The smallest absolute Gasteiger partial charge is 0.180 e. The molecule has 0 aliphatic heterocycles. The van der Waals surface area contributed by atoms with Gasteiger partial charge in [-0.25, -0.2) is 8.42 Å². The number of rotatable bonds is 3. The van der Waals surface area contributed by atoms with E-state index in [1.54, 1.807) is 24.3 Å². The van der Waals surface area contributed by atoms with Crippen molar-refractivity contribution < 1.29 is 13.5 Å². The van der Waals surface area contributed by atoms with E-state index in [0.717, 1.165) is 5.56 Å². The number of hydrogen-bond donors (Lipinski definition) is 1. The Balaban J connectivity index is 2.85. The van der Waals surface area contributed by atoms with Crippen LogP contribution < -0.4 is 0 Å². The molecule has 0 heterocycles. The van der Waals surface area contributed by atoms with Crippen LogP contribution in [-0.2, 0) is 9.84 Å². The van der Waals surface area contributed by atoms with Crippen molar-refractivity contribution in [1.82, 2.24) is 0 Å². The van der Waals surface area contributed by atoms with Crippen LogP contribution in [0, 0.1) is 18.8 Å². The minimum absolute atomic E-state index is 0.108. The number of alkyl halides is 1. The van der Waals surface area contributed by atoms with Crippen molar-refractivity contribution in [2.24, 2.45) is 0 Å². The van der Waals surface area contributed by atoms with Gasteiger partial charge in [0.15, 0.2) is 9.84 Å². The van der Waals surface area contributed by atoms with Crippen LogP contribution in [0.1, 0.15) is 5.56 Å². The Bertz CT molecular complexity index is 523. The molecule has 0 amide bonds. The van der Waals surface area contributed by atoms with Crippen molar-refractivity contribution in [3.05, 3.63) is 29.8 Å². The van der Waals surface area contributed by atoms with Crippen LogP contribution in [0.4, 0.5) is 0 Å². The molecule has 1 aromatic carbocycles. The summed E-state index contributed by atoms with van der Waals surface area (Å²) in [6.45, 7) is 1.63. The zero-order chi connectivity index (χ0) is 12.9. The SMILES string of the molecule is Cc1ccc(S(=O)(=O)CC(Br)C#CCO)cc1. The maximum atomic E-state index is 12.0. The van der Waals surface area contributed by atoms with Crippen LogP contribution in [0.15, 0.2) is 29.2 Å². The minimum Gasteiger partial charge on any atom is -0.384 e. The van der Waals surface area contributed by atoms with E-state index in [2.05, 4.69) is 27.8 Å². The summed E-state index contributed by atoms with van der Waals surface area (Å²) in [5.41, 5.74) is 1.01. The third kappa shape index (κ3) is 4.50. The fraction of sp³-hybridized carbons (Fsp3) is 0.333. The summed E-state index contributed by atoms with van der Waals surface area (Å²) in [5.74, 6) is 4.92. The standard InChI is InChI=1S/C12H13BrO3S/c1-10-4-6-12(7-5-10)17(15,16)9-11(13)3-2-8-14/h4-7,11,14H,8-9H2,1H3. The maximum absolute atomic E-state index is 12.0. The van der Waals surface area contributed by atoms with Crippen molar-refractivity contribution in [3.8, 4) is 11.8 Å². The monoisotopic (exact) mass is 316 g/mol. The number of aliphatic hydroxyl groups is 1. The van der Waals surface area contributed by atoms with Gasteiger partial charge in [-0.15, -0.1) is 0 Å². The molecule has 1 rings (SSSR count). The third-order valence-electron chi connectivity index (χ3n) is 2.08. The molecule has 3 nitrogen and oxygen atoms in total. The van der Waals surface area contributed by atoms with Gasteiger partial charge >= 0.3 is 0 Å². The fourth-order valence-corrected chi connectivity index (χ4v) is 3.65. The lowest BCUT2D eigenvalue weighted by Gasteiger charge is -2.05. The molecule has 1 aromatic rings. The molecule has 1 atom stereocenters. The van der Waals surface area contributed by atoms with E-state index in [1.165, 1.54) is 0 Å². The van der Waals surface area contributed by atoms with Crippen LogP contribution >= 0.6 is 15.9 Å². The largest absolute Gasteiger partial charge is 0.384 e. The Labute approximate surface area is 110 Å². The highest BCUT2D eigenvalue weighted by atomic mass is 79.9. The number of aryl methyl sites for hydroxylation is 1. The number of halogens is 1. The Morgan fingerprint density at radius 3 is 2.47 bits per heavy atom. The van der Waals surface area contributed by atoms with Crippen molar-refractivity contribution in [2.45, 2.75) is 16.6 Å². The van der Waals surface area contributed by atoms with Crippen LogP contribution in [0.3, 0.4) is 0 Å². The molecule has 0 saturated carbocycles. The van der Waals surface area contributed by atoms with E-state index in [-0.39, 0.29) is 12.4 Å². The average molecular weight is 317 g/mol. The predicted octanol–water partition coefficient (Wildman–Crippen LogP) is 1.53. The van der Waals surface area contributed by atoms with E-state index in [9.17, 15) is 8.42 Å². The molecule has 17 heavy (non-hydrogen) atoms. The van der Waals surface area contributed by atoms with Crippen LogP contribution in [0.5, 0.6) is 0 Å². The number of hydrogen-bond acceptors (Lipinski definition) is 3. The van der Waals surface area contributed by atoms with E-state index >= 15 is 0 Å². The van der Waals surface area contributed by atoms with E-state index in [0.29, 0.717) is 4.90 Å². The fourth-order valence-electron chi connectivity index (χ4n) is 1.23. The molecule has 0 bridgehead atoms. The second-order valence-electron chi connectivity index (χ2n) is 3.54. The predicted molar refractivity (Wildman–Crippen MR) is 70.8 cm³/mol. The molecular formula is C12H13BrO3S. The summed E-state index contributed by atoms with van der Waals surface area (Å²) >= 11 is 3.16. The maximum Gasteiger partial charge on any atom is 0.180 e. The first-order valence-corrected chi connectivity index (χ1v) is 7.55. The van der Waals surface area contributed by atoms with Crippen molar-refractivity contribution in [1.29, 1.82) is 0 Å². The molecular weight excluding hydrogens is 304 g/mol. The van der Waals surface area contributed by atoms with Gasteiger partial charge < -0.3 is 5.11 Å². The molecule has 0 fully saturated rings. The minimum atomic E-state index is -3.34. The lowest BCUT2D eigenvalue weighted by Crippen LogP contribution is -2.15. The summed E-state index contributed by atoms with van der Waals surface area (Å²) in [7, 11) is -3.34. The number of aliphatic hydroxyl groups excluding tert-OH is 1. The molecule has 0 radical (unpaired) electrons. The summed E-state index contributed by atoms with van der Waals surface area (Å²) in [5, 5.41) is 8.52. The van der Waals surface area contributed by atoms with Crippen molar-refractivity contribution >= 4 is 25.8 Å². The molecule has 5 heteroatoms. The van der Waals surface area contributed by atoms with Crippen molar-refractivity contribution in [2.75, 3.05) is 12.4 Å². The summed E-state index contributed by atoms with van der Waals surface area (Å²) in [6, 6.07) is 6.69. The molecule has 92 valence electrons. The Kier molecular flexibility index (Phi) is 5.19. The molecule has 1 N–H and O–H groups in total. The van der Waals surface area contributed by atoms with E-state index < -0.39 is 14.7 Å². The lowest BCUT2D eigenvalue weighted by molar-refractivity contribution is 0.350. The van der Waals surface area contributed by atoms with Gasteiger partial charge in [0.1, 0.15) is 6.61 Å². The first-order valence-electron chi connectivity index (χ1n) is 4.98. The van der Waals surface area contributed by atoms with Crippen LogP contribution in [-0.4, -0.2) is 30.7 Å². The normalized spacial score (nSPS) is 12.6. The van der Waals surface area contributed by atoms with Gasteiger partial charge in [0.2, 0.25) is 0 Å². The Morgan fingerprint density at radius 2 is 1.94 bits per heavy atom. The second kappa shape index (κ2) is 6.20. The molecule has 0 saturated heterocycles. The zero-order valence-electron chi connectivity index (χ0n) is 9.35. The second-order valence-corrected chi connectivity index (χ2v) is 6.68. The molecule has 0 aliphatic carbocycles. The number of benzene rings is 1. The summed E-state index contributed by atoms with van der Waals surface area (Å²) in [6.07, 6.45) is 0. The van der Waals surface area contributed by atoms with Crippen LogP contribution in [0.2, 0.25) is 0 Å². The van der Waals surface area contributed by atoms with Gasteiger partial charge in [0.25, 0.3) is 0 Å². The topological polar surface area (TPSA) is 54.4 Å². The van der Waals surface area contributed by atoms with Crippen molar-refractivity contribution in [3.63, 3.8) is 0 Å². The lowest BCUT2D eigenvalue weighted by atomic mass is 10.2. The zero-order valence-corrected chi connectivity index (χ0v) is 11.8. The van der Waals surface area contributed by atoms with Gasteiger partial charge in [-0.3, -0.25) is 0 Å². The third-order valence-corrected chi connectivity index (χ3v) is 4.83. The summed E-state index contributed by atoms with van der Waals surface area (Å²) < 4.78 is 23.9. The quantitative estimate of drug-likeness (QED) is 0.679. The van der Waals surface area contributed by atoms with Crippen LogP contribution in [0.25, 0.3) is 0 Å². The van der Waals surface area contributed by atoms with E-state index in [1.807, 2.05) is 6.92 Å². The van der Waals surface area contributed by atoms with Gasteiger partial charge in [-0.1, -0.05) is 45.5 Å². The molecule has 0 aliphatic rings. The molecule has 0 aromatic heterocycles. The van der Waals surface area contributed by atoms with E-state index in [4.69, 9.17) is 5.11 Å². The highest BCUT2D eigenvalue weighted by molar-refractivity contribution is 9.09. The highest BCUT2D eigenvalue weighted by Crippen LogP contribution is 2.15. The first-order chi connectivity index (χ1) is 7.95. The number of sulfone groups is 1. The Hall–Kier alpha value is -0.830. The first kappa shape index (κ1) is 14.2.